The molecule has 1 amide bonds. The molecule has 0 spiro atoms. The third-order valence-electron chi connectivity index (χ3n) is 2.29. The molecule has 19 heavy (non-hydrogen) atoms. The summed E-state index contributed by atoms with van der Waals surface area (Å²) in [5, 5.41) is 2.58. The SMILES string of the molecule is CC(C)NC(=O)CN(C)S(=O)(=O)c1c[nH]ccc1=O. The Bertz CT molecular complexity index is 606. The maximum absolute atomic E-state index is 12.1. The number of aromatic amines is 1. The number of sulfonamides is 1. The minimum Gasteiger partial charge on any atom is -0.366 e. The largest absolute Gasteiger partial charge is 0.366 e. The van der Waals surface area contributed by atoms with Crippen molar-refractivity contribution in [1.82, 2.24) is 14.6 Å². The molecule has 0 aromatic carbocycles. The van der Waals surface area contributed by atoms with Crippen LogP contribution in [0.1, 0.15) is 13.8 Å². The first-order valence-electron chi connectivity index (χ1n) is 5.68. The molecule has 0 aliphatic rings. The first-order chi connectivity index (χ1) is 8.75. The number of carbonyl (C=O) groups is 1. The van der Waals surface area contributed by atoms with Crippen LogP contribution in [0, 0.1) is 0 Å². The van der Waals surface area contributed by atoms with Crippen LogP contribution in [0.2, 0.25) is 0 Å². The van der Waals surface area contributed by atoms with Crippen molar-refractivity contribution < 1.29 is 13.2 Å². The monoisotopic (exact) mass is 287 g/mol. The van der Waals surface area contributed by atoms with E-state index in [1.807, 2.05) is 0 Å². The van der Waals surface area contributed by atoms with Gasteiger partial charge in [-0.2, -0.15) is 4.31 Å². The lowest BCUT2D eigenvalue weighted by Crippen LogP contribution is -2.41. The lowest BCUT2D eigenvalue weighted by molar-refractivity contribution is -0.121. The number of nitrogens with zero attached hydrogens (tertiary/aromatic N) is 1. The third kappa shape index (κ3) is 3.90. The van der Waals surface area contributed by atoms with Crippen LogP contribution in [0.5, 0.6) is 0 Å². The maximum Gasteiger partial charge on any atom is 0.248 e. The zero-order valence-electron chi connectivity index (χ0n) is 11.0. The summed E-state index contributed by atoms with van der Waals surface area (Å²) >= 11 is 0. The Labute approximate surface area is 111 Å². The molecule has 8 heteroatoms. The summed E-state index contributed by atoms with van der Waals surface area (Å²) in [5.41, 5.74) is -0.616. The van der Waals surface area contributed by atoms with Crippen molar-refractivity contribution in [2.45, 2.75) is 24.8 Å². The van der Waals surface area contributed by atoms with Crippen LogP contribution in [0.15, 0.2) is 28.2 Å². The van der Waals surface area contributed by atoms with Gasteiger partial charge in [0.1, 0.15) is 4.90 Å². The Kier molecular flexibility index (Phi) is 4.84. The van der Waals surface area contributed by atoms with Gasteiger partial charge in [-0.3, -0.25) is 9.59 Å². The summed E-state index contributed by atoms with van der Waals surface area (Å²) in [4.78, 5) is 25.2. The van der Waals surface area contributed by atoms with Gasteiger partial charge in [0.25, 0.3) is 0 Å². The molecule has 0 unspecified atom stereocenters. The van der Waals surface area contributed by atoms with Gasteiger partial charge in [-0.05, 0) is 13.8 Å². The molecule has 7 nitrogen and oxygen atoms in total. The molecule has 0 aliphatic heterocycles. The number of carbonyl (C=O) groups excluding carboxylic acids is 1. The molecule has 0 radical (unpaired) electrons. The molecule has 106 valence electrons. The van der Waals surface area contributed by atoms with Gasteiger partial charge in [0.05, 0.1) is 6.54 Å². The van der Waals surface area contributed by atoms with Crippen molar-refractivity contribution in [2.75, 3.05) is 13.6 Å². The van der Waals surface area contributed by atoms with Gasteiger partial charge >= 0.3 is 0 Å². The van der Waals surface area contributed by atoms with Crippen LogP contribution in [0.3, 0.4) is 0 Å². The van der Waals surface area contributed by atoms with Crippen molar-refractivity contribution in [3.8, 4) is 0 Å². The van der Waals surface area contributed by atoms with Crippen LogP contribution in [-0.4, -0.2) is 43.2 Å². The maximum atomic E-state index is 12.1. The summed E-state index contributed by atoms with van der Waals surface area (Å²) in [6.45, 7) is 3.21. The predicted molar refractivity (Wildman–Crippen MR) is 70.2 cm³/mol. The second kappa shape index (κ2) is 5.98. The van der Waals surface area contributed by atoms with E-state index in [4.69, 9.17) is 0 Å². The number of amides is 1. The van der Waals surface area contributed by atoms with E-state index in [2.05, 4.69) is 10.3 Å². The van der Waals surface area contributed by atoms with E-state index in [1.54, 1.807) is 13.8 Å². The molecule has 0 aliphatic carbocycles. The van der Waals surface area contributed by atoms with Crippen LogP contribution in [-0.2, 0) is 14.8 Å². The summed E-state index contributed by atoms with van der Waals surface area (Å²) < 4.78 is 25.0. The first kappa shape index (κ1) is 15.4. The second-order valence-electron chi connectivity index (χ2n) is 4.36. The van der Waals surface area contributed by atoms with Crippen LogP contribution >= 0.6 is 0 Å². The van der Waals surface area contributed by atoms with Gasteiger partial charge in [-0.25, -0.2) is 8.42 Å². The molecule has 0 saturated carbocycles. The molecule has 0 saturated heterocycles. The number of pyridine rings is 1. The second-order valence-corrected chi connectivity index (χ2v) is 6.37. The van der Waals surface area contributed by atoms with Gasteiger partial charge in [0, 0.05) is 31.5 Å². The summed E-state index contributed by atoms with van der Waals surface area (Å²) in [6, 6.07) is 1.04. The van der Waals surface area contributed by atoms with E-state index >= 15 is 0 Å². The highest BCUT2D eigenvalue weighted by atomic mass is 32.2. The fraction of sp³-hybridized carbons (Fsp3) is 0.455. The first-order valence-corrected chi connectivity index (χ1v) is 7.12. The van der Waals surface area contributed by atoms with E-state index in [1.165, 1.54) is 13.2 Å². The number of nitrogens with one attached hydrogen (secondary N) is 2. The molecule has 1 rings (SSSR count). The molecule has 2 N–H and O–H groups in total. The quantitative estimate of drug-likeness (QED) is 0.764. The molecule has 0 bridgehead atoms. The van der Waals surface area contributed by atoms with Gasteiger partial charge in [-0.1, -0.05) is 0 Å². The van der Waals surface area contributed by atoms with E-state index in [0.717, 1.165) is 16.6 Å². The van der Waals surface area contributed by atoms with Gasteiger partial charge in [0.2, 0.25) is 21.4 Å². The van der Waals surface area contributed by atoms with Crippen molar-refractivity contribution in [3.05, 3.63) is 28.7 Å². The molecular weight excluding hydrogens is 270 g/mol. The van der Waals surface area contributed by atoms with Crippen LogP contribution < -0.4 is 10.7 Å². The Hall–Kier alpha value is -1.67. The lowest BCUT2D eigenvalue weighted by atomic mass is 10.4. The minimum atomic E-state index is -3.97. The van der Waals surface area contributed by atoms with Gasteiger partial charge < -0.3 is 10.3 Å². The summed E-state index contributed by atoms with van der Waals surface area (Å²) in [6.07, 6.45) is 2.45. The number of hydrogen-bond acceptors (Lipinski definition) is 4. The topological polar surface area (TPSA) is 99.3 Å². The molecule has 1 aromatic heterocycles. The zero-order valence-corrected chi connectivity index (χ0v) is 11.8. The van der Waals surface area contributed by atoms with Crippen LogP contribution in [0.4, 0.5) is 0 Å². The van der Waals surface area contributed by atoms with Crippen LogP contribution in [0.25, 0.3) is 0 Å². The number of hydrogen-bond donors (Lipinski definition) is 2. The Balaban J connectivity index is 2.93. The molecule has 0 atom stereocenters. The Morgan fingerprint density at radius 2 is 2.11 bits per heavy atom. The smallest absolute Gasteiger partial charge is 0.248 e. The Morgan fingerprint density at radius 1 is 1.47 bits per heavy atom. The number of likely N-dealkylation sites (N-methyl/N-ethyl adjacent to an activating group) is 1. The average Bonchev–Trinajstić information content (AvgIpc) is 2.27. The highest BCUT2D eigenvalue weighted by Crippen LogP contribution is 2.07. The number of aromatic nitrogens is 1. The average molecular weight is 287 g/mol. The fourth-order valence-corrected chi connectivity index (χ4v) is 2.59. The molecular formula is C11H17N3O4S. The van der Waals surface area contributed by atoms with E-state index in [0.29, 0.717) is 0 Å². The molecule has 0 fully saturated rings. The standard InChI is InChI=1S/C11H17N3O4S/c1-8(2)13-11(16)7-14(3)19(17,18)10-6-12-5-4-9(10)15/h4-6,8H,7H2,1-3H3,(H,12,15)(H,13,16). The third-order valence-corrected chi connectivity index (χ3v) is 4.12. The predicted octanol–water partition coefficient (Wildman–Crippen LogP) is -0.480. The fourth-order valence-electron chi connectivity index (χ4n) is 1.43. The van der Waals surface area contributed by atoms with Crippen molar-refractivity contribution in [3.63, 3.8) is 0 Å². The molecule has 1 heterocycles. The summed E-state index contributed by atoms with van der Waals surface area (Å²) in [7, 11) is -2.72. The highest BCUT2D eigenvalue weighted by Gasteiger charge is 2.25. The van der Waals surface area contributed by atoms with Gasteiger partial charge in [0.15, 0.2) is 0 Å². The van der Waals surface area contributed by atoms with Gasteiger partial charge in [-0.15, -0.1) is 0 Å². The Morgan fingerprint density at radius 3 is 2.63 bits per heavy atom. The lowest BCUT2D eigenvalue weighted by Gasteiger charge is -2.17. The highest BCUT2D eigenvalue weighted by molar-refractivity contribution is 7.89. The van der Waals surface area contributed by atoms with Crippen molar-refractivity contribution in [2.24, 2.45) is 0 Å². The number of rotatable bonds is 5. The minimum absolute atomic E-state index is 0.0799. The van der Waals surface area contributed by atoms with Crippen molar-refractivity contribution >= 4 is 15.9 Å². The normalized spacial score (nSPS) is 11.8. The zero-order chi connectivity index (χ0) is 14.6. The molecule has 1 aromatic rings. The number of H-pyrrole nitrogens is 1. The summed E-state index contributed by atoms with van der Waals surface area (Å²) in [5.74, 6) is -0.423. The van der Waals surface area contributed by atoms with Crippen molar-refractivity contribution in [1.29, 1.82) is 0 Å². The van der Waals surface area contributed by atoms with E-state index in [9.17, 15) is 18.0 Å². The van der Waals surface area contributed by atoms with E-state index in [-0.39, 0.29) is 17.5 Å². The van der Waals surface area contributed by atoms with E-state index < -0.39 is 21.4 Å².